The third-order valence-corrected chi connectivity index (χ3v) is 5.18. The van der Waals surface area contributed by atoms with E-state index < -0.39 is 0 Å². The average molecular weight is 363 g/mol. The van der Waals surface area contributed by atoms with Crippen molar-refractivity contribution in [2.75, 3.05) is 7.11 Å². The molecule has 1 atom stereocenters. The van der Waals surface area contributed by atoms with Gasteiger partial charge in [-0.05, 0) is 37.1 Å². The van der Waals surface area contributed by atoms with Crippen molar-refractivity contribution in [2.24, 2.45) is 0 Å². The summed E-state index contributed by atoms with van der Waals surface area (Å²) in [7, 11) is 1.52. The molecule has 0 aromatic heterocycles. The molecule has 0 spiro atoms. The molecule has 0 bridgehead atoms. The van der Waals surface area contributed by atoms with Gasteiger partial charge in [-0.1, -0.05) is 72.3 Å². The molecule has 0 amide bonds. The van der Waals surface area contributed by atoms with E-state index >= 15 is 0 Å². The predicted molar refractivity (Wildman–Crippen MR) is 103 cm³/mol. The van der Waals surface area contributed by atoms with Crippen molar-refractivity contribution in [1.82, 2.24) is 0 Å². The number of carbonyl (C=O) groups excluding carboxylic acids is 1. The summed E-state index contributed by atoms with van der Waals surface area (Å²) in [6.07, 6.45) is 0. The van der Waals surface area contributed by atoms with Crippen LogP contribution in [0.4, 0.5) is 0 Å². The van der Waals surface area contributed by atoms with Crippen LogP contribution in [0.5, 0.6) is 5.75 Å². The van der Waals surface area contributed by atoms with Crippen LogP contribution in [0.3, 0.4) is 0 Å². The molecule has 1 unspecified atom stereocenters. The van der Waals surface area contributed by atoms with Gasteiger partial charge in [-0.3, -0.25) is 4.79 Å². The molecule has 0 N–H and O–H groups in total. The number of carbonyl (C=O) groups is 1. The largest absolute Gasteiger partial charge is 1.00 e. The van der Waals surface area contributed by atoms with Gasteiger partial charge >= 0.3 is 18.9 Å². The standard InChI is InChI=1S/C20H16ClO2P.Li.H/c1-23-17-12-7-11-16(21)19(17)20(22)24-18-13-6-5-10-15(18)14-8-3-2-4-9-14;;/h2-13,24H,1H3;;/q;+1;-1. The molecule has 25 heavy (non-hydrogen) atoms. The van der Waals surface area contributed by atoms with E-state index in [1.54, 1.807) is 25.3 Å². The molecule has 122 valence electrons. The molecule has 0 aliphatic heterocycles. The zero-order valence-corrected chi connectivity index (χ0v) is 15.9. The Morgan fingerprint density at radius 3 is 2.36 bits per heavy atom. The number of rotatable bonds is 5. The minimum atomic E-state index is -0.0275. The van der Waals surface area contributed by atoms with Gasteiger partial charge in [0.1, 0.15) is 5.75 Å². The Balaban J connectivity index is 0.00000169. The SMILES string of the molecule is COc1cccc(Cl)c1C(=O)Pc1ccccc1-c1ccccc1.[H-].[Li+]. The molecule has 0 heterocycles. The summed E-state index contributed by atoms with van der Waals surface area (Å²) in [6.45, 7) is 0. The van der Waals surface area contributed by atoms with Crippen LogP contribution < -0.4 is 28.9 Å². The van der Waals surface area contributed by atoms with Crippen LogP contribution in [0.15, 0.2) is 72.8 Å². The van der Waals surface area contributed by atoms with Crippen molar-refractivity contribution in [3.63, 3.8) is 0 Å². The maximum absolute atomic E-state index is 12.8. The Bertz CT molecular complexity index is 875. The van der Waals surface area contributed by atoms with Crippen LogP contribution in [-0.4, -0.2) is 12.6 Å². The van der Waals surface area contributed by atoms with Gasteiger partial charge in [-0.2, -0.15) is 0 Å². The summed E-state index contributed by atoms with van der Waals surface area (Å²) in [6, 6.07) is 23.3. The molecule has 2 nitrogen and oxygen atoms in total. The zero-order valence-electron chi connectivity index (χ0n) is 15.1. The number of halogens is 1. The van der Waals surface area contributed by atoms with E-state index in [0.717, 1.165) is 16.4 Å². The third-order valence-electron chi connectivity index (χ3n) is 3.68. The minimum Gasteiger partial charge on any atom is -1.00 e. The average Bonchev–Trinajstić information content (AvgIpc) is 2.62. The van der Waals surface area contributed by atoms with Crippen LogP contribution in [0.1, 0.15) is 11.8 Å². The summed E-state index contributed by atoms with van der Waals surface area (Å²) >= 11 is 6.23. The van der Waals surface area contributed by atoms with E-state index in [9.17, 15) is 4.79 Å². The molecule has 5 heteroatoms. The van der Waals surface area contributed by atoms with E-state index in [1.165, 1.54) is 0 Å². The van der Waals surface area contributed by atoms with Crippen molar-refractivity contribution in [3.05, 3.63) is 83.4 Å². The van der Waals surface area contributed by atoms with Crippen molar-refractivity contribution in [3.8, 4) is 16.9 Å². The monoisotopic (exact) mass is 362 g/mol. The summed E-state index contributed by atoms with van der Waals surface area (Å²) in [4.78, 5) is 12.8. The quantitative estimate of drug-likeness (QED) is 0.514. The van der Waals surface area contributed by atoms with Crippen LogP contribution in [0.2, 0.25) is 5.02 Å². The normalized spacial score (nSPS) is 10.5. The first-order valence-electron chi connectivity index (χ1n) is 7.49. The van der Waals surface area contributed by atoms with Gasteiger partial charge in [0.2, 0.25) is 0 Å². The number of methoxy groups -OCH3 is 1. The van der Waals surface area contributed by atoms with Gasteiger partial charge < -0.3 is 6.16 Å². The van der Waals surface area contributed by atoms with Gasteiger partial charge in [-0.25, -0.2) is 0 Å². The molecule has 0 fully saturated rings. The van der Waals surface area contributed by atoms with E-state index in [2.05, 4.69) is 0 Å². The number of benzene rings is 3. The van der Waals surface area contributed by atoms with Crippen LogP contribution >= 0.6 is 20.2 Å². The molecule has 0 aliphatic rings. The van der Waals surface area contributed by atoms with Crippen LogP contribution in [-0.2, 0) is 0 Å². The van der Waals surface area contributed by atoms with Crippen molar-refractivity contribution in [1.29, 1.82) is 0 Å². The van der Waals surface area contributed by atoms with Gasteiger partial charge in [0, 0.05) is 0 Å². The first kappa shape index (κ1) is 19.8. The van der Waals surface area contributed by atoms with Gasteiger partial charge in [0.25, 0.3) is 0 Å². The Hall–Kier alpha value is -1.55. The van der Waals surface area contributed by atoms with Gasteiger partial charge in [0.15, 0.2) is 5.52 Å². The summed E-state index contributed by atoms with van der Waals surface area (Å²) in [5.74, 6) is 0.511. The van der Waals surface area contributed by atoms with Crippen molar-refractivity contribution >= 4 is 31.0 Å². The second-order valence-electron chi connectivity index (χ2n) is 5.18. The van der Waals surface area contributed by atoms with Crippen LogP contribution in [0, 0.1) is 0 Å². The smallest absolute Gasteiger partial charge is 1.00 e. The first-order chi connectivity index (χ1) is 11.7. The minimum absolute atomic E-state index is 0. The van der Waals surface area contributed by atoms with E-state index in [0.29, 0.717) is 16.3 Å². The fraction of sp³-hybridized carbons (Fsp3) is 0.0500. The molecule has 3 aromatic rings. The Kier molecular flexibility index (Phi) is 7.30. The fourth-order valence-corrected chi connectivity index (χ4v) is 4.04. The maximum atomic E-state index is 12.8. The van der Waals surface area contributed by atoms with Gasteiger partial charge in [0.05, 0.1) is 17.7 Å². The molecule has 0 saturated carbocycles. The maximum Gasteiger partial charge on any atom is 1.00 e. The second kappa shape index (κ2) is 9.23. The van der Waals surface area contributed by atoms with Crippen molar-refractivity contribution < 1.29 is 29.8 Å². The first-order valence-corrected chi connectivity index (χ1v) is 8.87. The van der Waals surface area contributed by atoms with E-state index in [-0.39, 0.29) is 34.4 Å². The topological polar surface area (TPSA) is 26.3 Å². The molecule has 0 aliphatic carbocycles. The number of hydrogen-bond donors (Lipinski definition) is 0. The Labute approximate surface area is 168 Å². The molecule has 3 rings (SSSR count). The summed E-state index contributed by atoms with van der Waals surface area (Å²) in [5, 5.41) is 1.42. The third kappa shape index (κ3) is 4.54. The summed E-state index contributed by atoms with van der Waals surface area (Å²) < 4.78 is 5.30. The van der Waals surface area contributed by atoms with E-state index in [4.69, 9.17) is 16.3 Å². The second-order valence-corrected chi connectivity index (χ2v) is 6.83. The van der Waals surface area contributed by atoms with Crippen molar-refractivity contribution in [2.45, 2.75) is 0 Å². The molecular formula is C20H17ClLiO2P. The summed E-state index contributed by atoms with van der Waals surface area (Å²) in [5.41, 5.74) is 2.58. The Morgan fingerprint density at radius 2 is 1.64 bits per heavy atom. The Morgan fingerprint density at radius 1 is 0.960 bits per heavy atom. The fourth-order valence-electron chi connectivity index (χ4n) is 2.54. The molecule has 3 aromatic carbocycles. The number of hydrogen-bond acceptors (Lipinski definition) is 2. The number of ether oxygens (including phenoxy) is 1. The van der Waals surface area contributed by atoms with Crippen LogP contribution in [0.25, 0.3) is 11.1 Å². The van der Waals surface area contributed by atoms with Gasteiger partial charge in [-0.15, -0.1) is 0 Å². The molecule has 0 saturated heterocycles. The molecule has 0 radical (unpaired) electrons. The van der Waals surface area contributed by atoms with E-state index in [1.807, 2.05) is 54.6 Å². The zero-order chi connectivity index (χ0) is 16.9. The predicted octanol–water partition coefficient (Wildman–Crippen LogP) is 2.28. The molecular weight excluding hydrogens is 346 g/mol.